The van der Waals surface area contributed by atoms with Gasteiger partial charge < -0.3 is 9.84 Å². The summed E-state index contributed by atoms with van der Waals surface area (Å²) < 4.78 is 5.64. The minimum Gasteiger partial charge on any atom is -0.466 e. The van der Waals surface area contributed by atoms with E-state index in [0.717, 1.165) is 15.7 Å². The van der Waals surface area contributed by atoms with E-state index < -0.39 is 6.10 Å². The van der Waals surface area contributed by atoms with Gasteiger partial charge in [0.05, 0.1) is 13.0 Å². The number of aliphatic hydroxyl groups is 1. The molecule has 2 aromatic rings. The van der Waals surface area contributed by atoms with Crippen molar-refractivity contribution in [3.05, 3.63) is 63.9 Å². The van der Waals surface area contributed by atoms with Gasteiger partial charge in [-0.2, -0.15) is 0 Å². The fourth-order valence-electron chi connectivity index (χ4n) is 1.99. The number of carbonyl (C=O) groups is 1. The second kappa shape index (κ2) is 7.33. The van der Waals surface area contributed by atoms with Crippen LogP contribution in [0, 0.1) is 0 Å². The zero-order chi connectivity index (χ0) is 15.2. The Hall–Kier alpha value is -1.72. The Labute approximate surface area is 131 Å². The second-order valence-corrected chi connectivity index (χ2v) is 5.36. The monoisotopic (exact) mass is 349 g/mol. The van der Waals surface area contributed by atoms with Crippen molar-refractivity contribution >= 4 is 21.9 Å². The minimum absolute atomic E-state index is 0.201. The summed E-state index contributed by atoms with van der Waals surface area (Å²) in [6.45, 7) is 2.14. The van der Waals surface area contributed by atoms with E-state index >= 15 is 0 Å². The van der Waals surface area contributed by atoms with E-state index in [1.54, 1.807) is 25.3 Å². The highest BCUT2D eigenvalue weighted by Gasteiger charge is 2.12. The summed E-state index contributed by atoms with van der Waals surface area (Å²) in [6.07, 6.45) is 1.05. The molecule has 1 unspecified atom stereocenters. The lowest BCUT2D eigenvalue weighted by Gasteiger charge is -2.12. The first kappa shape index (κ1) is 15.7. The van der Waals surface area contributed by atoms with Gasteiger partial charge in [-0.25, -0.2) is 4.98 Å². The summed E-state index contributed by atoms with van der Waals surface area (Å²) in [5.74, 6) is -0.269. The molecule has 0 amide bonds. The molecule has 0 spiro atoms. The first-order valence-corrected chi connectivity index (χ1v) is 7.43. The lowest BCUT2D eigenvalue weighted by molar-refractivity contribution is -0.142. The average molecular weight is 350 g/mol. The number of carbonyl (C=O) groups excluding carboxylic acids is 1. The fourth-order valence-corrected chi connectivity index (χ4v) is 2.23. The predicted octanol–water partition coefficient (Wildman–Crippen LogP) is 3.03. The van der Waals surface area contributed by atoms with Gasteiger partial charge in [0.15, 0.2) is 0 Å². The van der Waals surface area contributed by atoms with Gasteiger partial charge in [-0.3, -0.25) is 4.79 Å². The Kier molecular flexibility index (Phi) is 5.47. The summed E-state index contributed by atoms with van der Waals surface area (Å²) in [7, 11) is 0. The number of hydrogen-bond acceptors (Lipinski definition) is 4. The number of rotatable bonds is 5. The highest BCUT2D eigenvalue weighted by molar-refractivity contribution is 9.10. The van der Waals surface area contributed by atoms with Gasteiger partial charge in [-0.15, -0.1) is 0 Å². The third-order valence-corrected chi connectivity index (χ3v) is 3.46. The maximum absolute atomic E-state index is 11.5. The van der Waals surface area contributed by atoms with Crippen LogP contribution in [0.5, 0.6) is 0 Å². The van der Waals surface area contributed by atoms with Crippen LogP contribution in [0.25, 0.3) is 0 Å². The molecule has 1 aromatic carbocycles. The van der Waals surface area contributed by atoms with E-state index in [2.05, 4.69) is 20.9 Å². The second-order valence-electron chi connectivity index (χ2n) is 4.54. The molecule has 1 aromatic heterocycles. The van der Waals surface area contributed by atoms with Crippen molar-refractivity contribution in [3.63, 3.8) is 0 Å². The maximum Gasteiger partial charge on any atom is 0.310 e. The van der Waals surface area contributed by atoms with Gasteiger partial charge in [0, 0.05) is 11.8 Å². The third-order valence-electron chi connectivity index (χ3n) is 2.99. The van der Waals surface area contributed by atoms with E-state index in [1.165, 1.54) is 0 Å². The molecule has 0 radical (unpaired) electrons. The molecule has 0 fully saturated rings. The fraction of sp³-hybridized carbons (Fsp3) is 0.250. The Morgan fingerprint density at radius 2 is 2.14 bits per heavy atom. The van der Waals surface area contributed by atoms with Crippen LogP contribution in [0.1, 0.15) is 29.7 Å². The lowest BCUT2D eigenvalue weighted by Crippen LogP contribution is -2.08. The first-order chi connectivity index (χ1) is 10.1. The number of aromatic nitrogens is 1. The Bertz CT molecular complexity index is 613. The number of ether oxygens (including phenoxy) is 1. The molecule has 0 aliphatic heterocycles. The molecule has 0 saturated heterocycles. The topological polar surface area (TPSA) is 59.4 Å². The van der Waals surface area contributed by atoms with Crippen LogP contribution in [0.4, 0.5) is 0 Å². The number of esters is 1. The highest BCUT2D eigenvalue weighted by Crippen LogP contribution is 2.23. The summed E-state index contributed by atoms with van der Waals surface area (Å²) in [5, 5.41) is 10.4. The van der Waals surface area contributed by atoms with Crippen molar-refractivity contribution in [2.45, 2.75) is 19.4 Å². The van der Waals surface area contributed by atoms with E-state index in [9.17, 15) is 9.90 Å². The molecule has 0 aliphatic carbocycles. The van der Waals surface area contributed by atoms with E-state index in [4.69, 9.17) is 4.74 Å². The smallest absolute Gasteiger partial charge is 0.310 e. The number of pyridine rings is 1. The van der Waals surface area contributed by atoms with Crippen molar-refractivity contribution in [1.29, 1.82) is 0 Å². The number of hydrogen-bond donors (Lipinski definition) is 1. The molecule has 0 bridgehead atoms. The van der Waals surface area contributed by atoms with Gasteiger partial charge in [0.25, 0.3) is 0 Å². The predicted molar refractivity (Wildman–Crippen MR) is 82.8 cm³/mol. The summed E-state index contributed by atoms with van der Waals surface area (Å²) >= 11 is 3.26. The largest absolute Gasteiger partial charge is 0.466 e. The zero-order valence-electron chi connectivity index (χ0n) is 11.6. The van der Waals surface area contributed by atoms with E-state index in [1.807, 2.05) is 24.3 Å². The quantitative estimate of drug-likeness (QED) is 0.665. The molecule has 110 valence electrons. The van der Waals surface area contributed by atoms with Gasteiger partial charge >= 0.3 is 5.97 Å². The minimum atomic E-state index is -0.771. The van der Waals surface area contributed by atoms with Crippen LogP contribution in [-0.4, -0.2) is 22.7 Å². The van der Waals surface area contributed by atoms with Crippen LogP contribution >= 0.6 is 15.9 Å². The van der Waals surface area contributed by atoms with Crippen LogP contribution in [0.2, 0.25) is 0 Å². The SMILES string of the molecule is CCOC(=O)Cc1cccc(C(O)c2ccc(Br)nc2)c1. The van der Waals surface area contributed by atoms with Gasteiger partial charge in [-0.05, 0) is 40.0 Å². The molecule has 1 heterocycles. The van der Waals surface area contributed by atoms with Crippen molar-refractivity contribution in [2.24, 2.45) is 0 Å². The Morgan fingerprint density at radius 1 is 1.33 bits per heavy atom. The van der Waals surface area contributed by atoms with Crippen LogP contribution in [0.3, 0.4) is 0 Å². The first-order valence-electron chi connectivity index (χ1n) is 6.64. The van der Waals surface area contributed by atoms with Gasteiger partial charge in [0.1, 0.15) is 10.7 Å². The van der Waals surface area contributed by atoms with E-state index in [0.29, 0.717) is 12.2 Å². The number of benzene rings is 1. The van der Waals surface area contributed by atoms with Crippen molar-refractivity contribution in [1.82, 2.24) is 4.98 Å². The maximum atomic E-state index is 11.5. The van der Waals surface area contributed by atoms with Crippen LogP contribution in [-0.2, 0) is 16.0 Å². The highest BCUT2D eigenvalue weighted by atomic mass is 79.9. The summed E-state index contributed by atoms with van der Waals surface area (Å²) in [6, 6.07) is 10.9. The molecular weight excluding hydrogens is 334 g/mol. The molecule has 1 N–H and O–H groups in total. The molecule has 0 saturated carbocycles. The zero-order valence-corrected chi connectivity index (χ0v) is 13.2. The number of halogens is 1. The summed E-state index contributed by atoms with van der Waals surface area (Å²) in [4.78, 5) is 15.6. The number of aliphatic hydroxyl groups excluding tert-OH is 1. The average Bonchev–Trinajstić information content (AvgIpc) is 2.48. The Balaban J connectivity index is 2.16. The van der Waals surface area contributed by atoms with Crippen molar-refractivity contribution < 1.29 is 14.6 Å². The molecule has 21 heavy (non-hydrogen) atoms. The molecule has 0 aliphatic rings. The van der Waals surface area contributed by atoms with Crippen molar-refractivity contribution in [2.75, 3.05) is 6.61 Å². The standard InChI is InChI=1S/C16H16BrNO3/c1-2-21-15(19)9-11-4-3-5-12(8-11)16(20)13-6-7-14(17)18-10-13/h3-8,10,16,20H,2,9H2,1H3. The molecule has 1 atom stereocenters. The normalized spacial score (nSPS) is 12.0. The lowest BCUT2D eigenvalue weighted by atomic mass is 10.00. The van der Waals surface area contributed by atoms with Gasteiger partial charge in [0.2, 0.25) is 0 Å². The third kappa shape index (κ3) is 4.37. The molecular formula is C16H16BrNO3. The van der Waals surface area contributed by atoms with Gasteiger partial charge in [-0.1, -0.05) is 30.3 Å². The van der Waals surface area contributed by atoms with Crippen LogP contribution in [0.15, 0.2) is 47.2 Å². The molecule has 2 rings (SSSR count). The molecule has 5 heteroatoms. The van der Waals surface area contributed by atoms with Crippen LogP contribution < -0.4 is 0 Å². The van der Waals surface area contributed by atoms with E-state index in [-0.39, 0.29) is 12.4 Å². The molecule has 4 nitrogen and oxygen atoms in total. The number of nitrogens with zero attached hydrogens (tertiary/aromatic N) is 1. The van der Waals surface area contributed by atoms with Crippen molar-refractivity contribution in [3.8, 4) is 0 Å². The summed E-state index contributed by atoms with van der Waals surface area (Å²) in [5.41, 5.74) is 2.24. The Morgan fingerprint density at radius 3 is 2.81 bits per heavy atom.